The largest absolute Gasteiger partial charge is 0.417 e. The van der Waals surface area contributed by atoms with Crippen LogP contribution in [-0.4, -0.2) is 14.9 Å². The minimum absolute atomic E-state index is 0.265. The Balaban J connectivity index is 3.95. The Bertz CT molecular complexity index is 203. The summed E-state index contributed by atoms with van der Waals surface area (Å²) in [5, 5.41) is 0.265. The van der Waals surface area contributed by atoms with E-state index in [4.69, 9.17) is 27.6 Å². The molecular formula is C10H20Cl2OSi. The van der Waals surface area contributed by atoms with Gasteiger partial charge in [-0.25, -0.2) is 0 Å². The van der Waals surface area contributed by atoms with E-state index in [9.17, 15) is 0 Å². The number of halogens is 2. The van der Waals surface area contributed by atoms with Crippen molar-refractivity contribution in [3.05, 3.63) is 10.6 Å². The van der Waals surface area contributed by atoms with E-state index in [1.807, 2.05) is 0 Å². The average Bonchev–Trinajstić information content (AvgIpc) is 1.95. The van der Waals surface area contributed by atoms with Crippen LogP contribution in [0, 0.1) is 0 Å². The van der Waals surface area contributed by atoms with Gasteiger partial charge >= 0.3 is 0 Å². The van der Waals surface area contributed by atoms with Crippen molar-refractivity contribution in [3.63, 3.8) is 0 Å². The van der Waals surface area contributed by atoms with Crippen LogP contribution in [0.25, 0.3) is 0 Å². The van der Waals surface area contributed by atoms with E-state index in [0.717, 1.165) is 6.42 Å². The monoisotopic (exact) mass is 254 g/mol. The van der Waals surface area contributed by atoms with Crippen LogP contribution in [0.1, 0.15) is 27.2 Å². The van der Waals surface area contributed by atoms with E-state index >= 15 is 0 Å². The second-order valence-electron chi connectivity index (χ2n) is 4.89. The first-order chi connectivity index (χ1) is 6.17. The predicted molar refractivity (Wildman–Crippen MR) is 67.6 cm³/mol. The average molecular weight is 255 g/mol. The van der Waals surface area contributed by atoms with Gasteiger partial charge in [0.1, 0.15) is 4.49 Å². The third kappa shape index (κ3) is 5.40. The van der Waals surface area contributed by atoms with Crippen LogP contribution in [0.15, 0.2) is 10.6 Å². The second kappa shape index (κ2) is 5.55. The fraction of sp³-hybridized carbons (Fsp3) is 0.800. The molecule has 14 heavy (non-hydrogen) atoms. The molecule has 0 unspecified atom stereocenters. The lowest BCUT2D eigenvalue weighted by Crippen LogP contribution is -2.40. The van der Waals surface area contributed by atoms with Gasteiger partial charge in [-0.05, 0) is 24.6 Å². The van der Waals surface area contributed by atoms with E-state index in [-0.39, 0.29) is 5.04 Å². The van der Waals surface area contributed by atoms with E-state index in [1.54, 1.807) is 6.08 Å². The summed E-state index contributed by atoms with van der Waals surface area (Å²) in [4.78, 5) is 0. The van der Waals surface area contributed by atoms with Crippen LogP contribution in [0.4, 0.5) is 0 Å². The number of hydrogen-bond acceptors (Lipinski definition) is 1. The second-order valence-corrected chi connectivity index (χ2v) is 10.7. The van der Waals surface area contributed by atoms with Gasteiger partial charge in [-0.1, -0.05) is 50.0 Å². The van der Waals surface area contributed by atoms with Crippen LogP contribution in [0.3, 0.4) is 0 Å². The zero-order valence-electron chi connectivity index (χ0n) is 9.66. The summed E-state index contributed by atoms with van der Waals surface area (Å²) in [7, 11) is -1.59. The van der Waals surface area contributed by atoms with Crippen molar-refractivity contribution >= 4 is 31.5 Å². The first-order valence-electron chi connectivity index (χ1n) is 4.82. The van der Waals surface area contributed by atoms with Crippen molar-refractivity contribution in [1.82, 2.24) is 0 Å². The predicted octanol–water partition coefficient (Wildman–Crippen LogP) is 4.72. The van der Waals surface area contributed by atoms with Crippen LogP contribution >= 0.6 is 23.2 Å². The van der Waals surface area contributed by atoms with Gasteiger partial charge < -0.3 is 4.43 Å². The summed E-state index contributed by atoms with van der Waals surface area (Å²) in [5.74, 6) is 0. The molecule has 0 aliphatic rings. The molecule has 0 rings (SSSR count). The molecule has 0 aliphatic carbocycles. The SMILES string of the molecule is CC(C)(C)[Si](C)(C)OCCC=C(Cl)Cl. The Morgan fingerprint density at radius 1 is 1.29 bits per heavy atom. The molecule has 0 atom stereocenters. The Hall–Kier alpha value is 0.497. The topological polar surface area (TPSA) is 9.23 Å². The normalized spacial score (nSPS) is 12.8. The maximum absolute atomic E-state index is 5.92. The molecule has 0 heterocycles. The quantitative estimate of drug-likeness (QED) is 0.522. The van der Waals surface area contributed by atoms with Gasteiger partial charge in [-0.3, -0.25) is 0 Å². The van der Waals surface area contributed by atoms with Gasteiger partial charge in [0.05, 0.1) is 0 Å². The van der Waals surface area contributed by atoms with Gasteiger partial charge in [0.15, 0.2) is 8.32 Å². The molecule has 1 nitrogen and oxygen atoms in total. The van der Waals surface area contributed by atoms with Crippen molar-refractivity contribution in [3.8, 4) is 0 Å². The van der Waals surface area contributed by atoms with E-state index in [2.05, 4.69) is 33.9 Å². The van der Waals surface area contributed by atoms with Crippen LogP contribution in [-0.2, 0) is 4.43 Å². The zero-order chi connectivity index (χ0) is 11.4. The van der Waals surface area contributed by atoms with Crippen molar-refractivity contribution in [1.29, 1.82) is 0 Å². The van der Waals surface area contributed by atoms with Crippen molar-refractivity contribution < 1.29 is 4.43 Å². The van der Waals surface area contributed by atoms with Gasteiger partial charge in [0.2, 0.25) is 0 Å². The zero-order valence-corrected chi connectivity index (χ0v) is 12.2. The molecule has 0 fully saturated rings. The van der Waals surface area contributed by atoms with Gasteiger partial charge in [0, 0.05) is 6.61 Å². The molecule has 4 heteroatoms. The molecule has 0 bridgehead atoms. The summed E-state index contributed by atoms with van der Waals surface area (Å²) in [6.45, 7) is 11.9. The third-order valence-corrected chi connectivity index (χ3v) is 7.53. The maximum Gasteiger partial charge on any atom is 0.191 e. The van der Waals surface area contributed by atoms with Gasteiger partial charge in [0.25, 0.3) is 0 Å². The summed E-state index contributed by atoms with van der Waals surface area (Å²) in [6, 6.07) is 0. The van der Waals surface area contributed by atoms with Crippen LogP contribution in [0.5, 0.6) is 0 Å². The minimum Gasteiger partial charge on any atom is -0.417 e. The molecular weight excluding hydrogens is 235 g/mol. The van der Waals surface area contributed by atoms with Crippen molar-refractivity contribution in [2.45, 2.75) is 45.3 Å². The maximum atomic E-state index is 5.92. The molecule has 0 aromatic rings. The van der Waals surface area contributed by atoms with Gasteiger partial charge in [-0.15, -0.1) is 0 Å². The highest BCUT2D eigenvalue weighted by Gasteiger charge is 2.36. The molecule has 0 radical (unpaired) electrons. The fourth-order valence-electron chi connectivity index (χ4n) is 0.699. The molecule has 0 spiro atoms. The first-order valence-corrected chi connectivity index (χ1v) is 8.48. The fourth-order valence-corrected chi connectivity index (χ4v) is 1.98. The molecule has 0 aromatic heterocycles. The molecule has 0 aliphatic heterocycles. The van der Waals surface area contributed by atoms with Crippen molar-refractivity contribution in [2.75, 3.05) is 6.61 Å². The molecule has 0 saturated carbocycles. The van der Waals surface area contributed by atoms with E-state index < -0.39 is 8.32 Å². The highest BCUT2D eigenvalue weighted by molar-refractivity contribution is 6.74. The van der Waals surface area contributed by atoms with Crippen LogP contribution in [0.2, 0.25) is 18.1 Å². The number of rotatable bonds is 4. The minimum atomic E-state index is -1.59. The Morgan fingerprint density at radius 2 is 1.79 bits per heavy atom. The summed E-state index contributed by atoms with van der Waals surface area (Å²) < 4.78 is 6.24. The first kappa shape index (κ1) is 14.5. The smallest absolute Gasteiger partial charge is 0.191 e. The third-order valence-electron chi connectivity index (χ3n) is 2.69. The Morgan fingerprint density at radius 3 is 2.14 bits per heavy atom. The highest BCUT2D eigenvalue weighted by Crippen LogP contribution is 2.36. The van der Waals surface area contributed by atoms with Gasteiger partial charge in [-0.2, -0.15) is 0 Å². The molecule has 0 N–H and O–H groups in total. The lowest BCUT2D eigenvalue weighted by molar-refractivity contribution is 0.294. The molecule has 84 valence electrons. The highest BCUT2D eigenvalue weighted by atomic mass is 35.5. The molecule has 0 saturated heterocycles. The lowest BCUT2D eigenvalue weighted by atomic mass is 10.2. The van der Waals surface area contributed by atoms with E-state index in [1.165, 1.54) is 0 Å². The Labute approximate surface area is 98.6 Å². The lowest BCUT2D eigenvalue weighted by Gasteiger charge is -2.36. The van der Waals surface area contributed by atoms with E-state index in [0.29, 0.717) is 11.1 Å². The summed E-state index contributed by atoms with van der Waals surface area (Å²) in [6.07, 6.45) is 2.56. The molecule has 0 amide bonds. The van der Waals surface area contributed by atoms with Crippen LogP contribution < -0.4 is 0 Å². The summed E-state index contributed by atoms with van der Waals surface area (Å²) >= 11 is 11.0. The molecule has 0 aromatic carbocycles. The summed E-state index contributed by atoms with van der Waals surface area (Å²) in [5.41, 5.74) is 0. The Kier molecular flexibility index (Phi) is 5.74. The number of hydrogen-bond donors (Lipinski definition) is 0. The standard InChI is InChI=1S/C10H20Cl2OSi/c1-10(2,3)14(4,5)13-8-6-7-9(11)12/h7H,6,8H2,1-5H3. The van der Waals surface area contributed by atoms with Crippen molar-refractivity contribution in [2.24, 2.45) is 0 Å².